The van der Waals surface area contributed by atoms with Gasteiger partial charge < -0.3 is 24.3 Å². The molecule has 2 aliphatic rings. The van der Waals surface area contributed by atoms with Crippen LogP contribution in [0.1, 0.15) is 29.8 Å². The second-order valence-electron chi connectivity index (χ2n) is 9.14. The molecule has 1 N–H and O–H groups in total. The van der Waals surface area contributed by atoms with Gasteiger partial charge in [-0.3, -0.25) is 9.36 Å². The summed E-state index contributed by atoms with van der Waals surface area (Å²) < 4.78 is 13.5. The number of carbonyl (C=O) groups excluding carboxylic acids is 1. The van der Waals surface area contributed by atoms with Crippen LogP contribution in [0.5, 0.6) is 17.4 Å². The molecule has 2 atom stereocenters. The van der Waals surface area contributed by atoms with E-state index in [0.29, 0.717) is 46.6 Å². The van der Waals surface area contributed by atoms with Crippen LogP contribution in [0.4, 0.5) is 5.82 Å². The van der Waals surface area contributed by atoms with Gasteiger partial charge in [0.1, 0.15) is 17.6 Å². The third kappa shape index (κ3) is 3.27. The van der Waals surface area contributed by atoms with Gasteiger partial charge in [0.25, 0.3) is 5.82 Å². The third-order valence-corrected chi connectivity index (χ3v) is 7.28. The van der Waals surface area contributed by atoms with Crippen LogP contribution in [-0.4, -0.2) is 50.8 Å². The van der Waals surface area contributed by atoms with Crippen molar-refractivity contribution in [1.29, 1.82) is 0 Å². The van der Waals surface area contributed by atoms with Crippen LogP contribution in [0, 0.1) is 6.57 Å². The summed E-state index contributed by atoms with van der Waals surface area (Å²) in [5.41, 5.74) is 1.23. The molecule has 186 valence electrons. The third-order valence-electron chi connectivity index (χ3n) is 7.28. The van der Waals surface area contributed by atoms with Gasteiger partial charge in [0.2, 0.25) is 11.8 Å². The first-order chi connectivity index (χ1) is 18.0. The topological polar surface area (TPSA) is 103 Å². The Morgan fingerprint density at radius 3 is 2.65 bits per heavy atom. The molecule has 2 aliphatic heterocycles. The zero-order valence-corrected chi connectivity index (χ0v) is 20.2. The number of rotatable bonds is 5. The Hall–Kier alpha value is -4.78. The monoisotopic (exact) mass is 497 g/mol. The fourth-order valence-corrected chi connectivity index (χ4v) is 5.64. The number of methoxy groups -OCH3 is 2. The van der Waals surface area contributed by atoms with E-state index in [1.54, 1.807) is 54.0 Å². The van der Waals surface area contributed by atoms with E-state index in [4.69, 9.17) is 16.0 Å². The van der Waals surface area contributed by atoms with Crippen molar-refractivity contribution in [3.05, 3.63) is 81.8 Å². The SMILES string of the molecule is [C-]#[N+]c1ncc(-n2c(O)c3n(c2=O)C2C[C@H]3N(C(=O)Cc3ccc(OC)c(OC)c3)C2)c2ccccc12. The summed E-state index contributed by atoms with van der Waals surface area (Å²) in [5, 5.41) is 12.5. The number of pyridine rings is 1. The molecule has 1 unspecified atom stereocenters. The van der Waals surface area contributed by atoms with Gasteiger partial charge in [0, 0.05) is 17.3 Å². The van der Waals surface area contributed by atoms with Gasteiger partial charge in [-0.1, -0.05) is 36.9 Å². The Kier molecular flexibility index (Phi) is 5.15. The summed E-state index contributed by atoms with van der Waals surface area (Å²) in [6, 6.07) is 11.9. The first kappa shape index (κ1) is 22.7. The molecule has 6 rings (SSSR count). The minimum atomic E-state index is -0.409. The molecule has 4 heterocycles. The maximum atomic E-state index is 13.5. The lowest BCUT2D eigenvalue weighted by molar-refractivity contribution is -0.132. The predicted octanol–water partition coefficient (Wildman–Crippen LogP) is 3.53. The van der Waals surface area contributed by atoms with Crippen LogP contribution in [0.3, 0.4) is 0 Å². The number of nitrogens with zero attached hydrogens (tertiary/aromatic N) is 5. The summed E-state index contributed by atoms with van der Waals surface area (Å²) in [7, 11) is 3.10. The van der Waals surface area contributed by atoms with Gasteiger partial charge in [-0.15, -0.1) is 4.98 Å². The Balaban J connectivity index is 1.36. The van der Waals surface area contributed by atoms with Crippen LogP contribution >= 0.6 is 0 Å². The molecule has 0 saturated carbocycles. The number of hydrogen-bond donors (Lipinski definition) is 1. The molecule has 0 radical (unpaired) electrons. The number of carbonyl (C=O) groups is 1. The summed E-state index contributed by atoms with van der Waals surface area (Å²) in [6.07, 6.45) is 2.17. The van der Waals surface area contributed by atoms with Crippen molar-refractivity contribution in [3.63, 3.8) is 0 Å². The van der Waals surface area contributed by atoms with E-state index in [1.807, 2.05) is 12.1 Å². The maximum absolute atomic E-state index is 13.5. The second-order valence-corrected chi connectivity index (χ2v) is 9.14. The number of aromatic hydroxyl groups is 1. The van der Waals surface area contributed by atoms with Crippen LogP contribution in [0.2, 0.25) is 0 Å². The van der Waals surface area contributed by atoms with Crippen molar-refractivity contribution < 1.29 is 19.4 Å². The Labute approximate surface area is 211 Å². The quantitative estimate of drug-likeness (QED) is 0.423. The second kappa shape index (κ2) is 8.41. The largest absolute Gasteiger partial charge is 0.493 e. The molecule has 37 heavy (non-hydrogen) atoms. The molecular formula is C27H23N5O5. The average Bonchev–Trinajstić information content (AvgIpc) is 3.59. The highest BCUT2D eigenvalue weighted by Gasteiger charge is 2.49. The lowest BCUT2D eigenvalue weighted by Gasteiger charge is -2.28. The fraction of sp³-hybridized carbons (Fsp3) is 0.259. The minimum absolute atomic E-state index is 0.0981. The smallest absolute Gasteiger partial charge is 0.336 e. The molecule has 1 amide bonds. The van der Waals surface area contributed by atoms with Crippen LogP contribution in [0.25, 0.3) is 21.3 Å². The number of fused-ring (bicyclic) bond motifs is 6. The number of hydrogen-bond acceptors (Lipinski definition) is 6. The van der Waals surface area contributed by atoms with Crippen LogP contribution in [-0.2, 0) is 11.2 Å². The highest BCUT2D eigenvalue weighted by atomic mass is 16.5. The summed E-state index contributed by atoms with van der Waals surface area (Å²) >= 11 is 0. The van der Waals surface area contributed by atoms with Gasteiger partial charge >= 0.3 is 5.69 Å². The summed E-state index contributed by atoms with van der Waals surface area (Å²) in [6.45, 7) is 7.79. The Bertz CT molecular complexity index is 1680. The first-order valence-corrected chi connectivity index (χ1v) is 11.8. The van der Waals surface area contributed by atoms with Crippen molar-refractivity contribution in [2.75, 3.05) is 20.8 Å². The van der Waals surface area contributed by atoms with Crippen molar-refractivity contribution in [2.24, 2.45) is 0 Å². The zero-order valence-electron chi connectivity index (χ0n) is 20.2. The number of aromatic nitrogens is 3. The van der Waals surface area contributed by atoms with Crippen LogP contribution in [0.15, 0.2) is 53.5 Å². The maximum Gasteiger partial charge on any atom is 0.336 e. The summed E-state index contributed by atoms with van der Waals surface area (Å²) in [5.74, 6) is 1.05. The molecular weight excluding hydrogens is 474 g/mol. The lowest BCUT2D eigenvalue weighted by Crippen LogP contribution is -2.38. The number of likely N-dealkylation sites (tertiary alicyclic amines) is 1. The highest BCUT2D eigenvalue weighted by molar-refractivity contribution is 5.97. The van der Waals surface area contributed by atoms with Gasteiger partial charge in [-0.25, -0.2) is 9.36 Å². The van der Waals surface area contributed by atoms with Gasteiger partial charge in [0.05, 0.1) is 32.7 Å². The standard InChI is InChI=1S/C27H23N5O5/c1-28-25-18-7-5-4-6-17(18)20(13-29-25)32-26(34)24-19-12-16(31(24)27(32)35)14-30(19)23(33)11-15-8-9-21(36-2)22(10-15)37-3/h4-10,13,16,19,34H,11-12,14H2,2-3H3/t16?,19-/m1/s1. The molecule has 10 heteroatoms. The molecule has 2 aromatic heterocycles. The van der Waals surface area contributed by atoms with Crippen LogP contribution < -0.4 is 15.2 Å². The zero-order chi connectivity index (χ0) is 25.8. The first-order valence-electron chi connectivity index (χ1n) is 11.8. The number of benzene rings is 2. The van der Waals surface area contributed by atoms with E-state index in [-0.39, 0.29) is 35.8 Å². The van der Waals surface area contributed by atoms with Crippen molar-refractivity contribution in [1.82, 2.24) is 19.0 Å². The predicted molar refractivity (Wildman–Crippen MR) is 135 cm³/mol. The van der Waals surface area contributed by atoms with Gasteiger partial charge in [-0.2, -0.15) is 0 Å². The molecule has 0 spiro atoms. The molecule has 4 aromatic rings. The normalized spacial score (nSPS) is 17.6. The molecule has 0 aliphatic carbocycles. The van der Waals surface area contributed by atoms with Crippen molar-refractivity contribution >= 4 is 22.5 Å². The molecule has 1 fully saturated rings. The Morgan fingerprint density at radius 2 is 1.92 bits per heavy atom. The van der Waals surface area contributed by atoms with E-state index in [1.165, 1.54) is 10.8 Å². The van der Waals surface area contributed by atoms with Gasteiger partial charge in [-0.05, 0) is 24.1 Å². The number of imidazole rings is 1. The van der Waals surface area contributed by atoms with E-state index in [0.717, 1.165) is 5.56 Å². The average molecular weight is 498 g/mol. The van der Waals surface area contributed by atoms with E-state index < -0.39 is 6.04 Å². The summed E-state index contributed by atoms with van der Waals surface area (Å²) in [4.78, 5) is 36.3. The Morgan fingerprint density at radius 1 is 1.16 bits per heavy atom. The van der Waals surface area contributed by atoms with Crippen molar-refractivity contribution in [3.8, 4) is 23.1 Å². The highest BCUT2D eigenvalue weighted by Crippen LogP contribution is 2.49. The van der Waals surface area contributed by atoms with Gasteiger partial charge in [0.15, 0.2) is 11.5 Å². The molecule has 1 saturated heterocycles. The van der Waals surface area contributed by atoms with E-state index in [2.05, 4.69) is 9.83 Å². The van der Waals surface area contributed by atoms with E-state index in [9.17, 15) is 14.7 Å². The van der Waals surface area contributed by atoms with Crippen molar-refractivity contribution in [2.45, 2.75) is 24.9 Å². The molecule has 2 bridgehead atoms. The fourth-order valence-electron chi connectivity index (χ4n) is 5.64. The molecule has 2 aromatic carbocycles. The number of ether oxygens (including phenoxy) is 2. The lowest BCUT2D eigenvalue weighted by atomic mass is 10.1. The van der Waals surface area contributed by atoms with E-state index >= 15 is 0 Å². The minimum Gasteiger partial charge on any atom is -0.493 e. The number of amides is 1. The molecule has 10 nitrogen and oxygen atoms in total.